The van der Waals surface area contributed by atoms with Gasteiger partial charge in [0.15, 0.2) is 0 Å². The van der Waals surface area contributed by atoms with Gasteiger partial charge in [0.05, 0.1) is 18.8 Å². The second-order valence-corrected chi connectivity index (χ2v) is 5.32. The summed E-state index contributed by atoms with van der Waals surface area (Å²) >= 11 is 0. The molecule has 1 aromatic heterocycles. The molecule has 3 rings (SSSR count). The average Bonchev–Trinajstić information content (AvgIpc) is 2.83. The molecule has 100 valence electrons. The molecule has 2 aliphatic heterocycles. The van der Waals surface area contributed by atoms with E-state index in [4.69, 9.17) is 4.74 Å². The fraction of sp³-hybridized carbons (Fsp3) is 0.846. The van der Waals surface area contributed by atoms with Crippen molar-refractivity contribution in [3.05, 3.63) is 11.6 Å². The van der Waals surface area contributed by atoms with Crippen LogP contribution in [0.25, 0.3) is 0 Å². The van der Waals surface area contributed by atoms with E-state index in [-0.39, 0.29) is 18.8 Å². The molecule has 5 heteroatoms. The molecule has 0 amide bonds. The summed E-state index contributed by atoms with van der Waals surface area (Å²) in [7, 11) is 0. The van der Waals surface area contributed by atoms with E-state index in [1.165, 1.54) is 12.8 Å². The molecule has 1 N–H and O–H groups in total. The van der Waals surface area contributed by atoms with E-state index in [1.54, 1.807) is 0 Å². The molecule has 0 aromatic carbocycles. The Labute approximate surface area is 107 Å². The third-order valence-electron chi connectivity index (χ3n) is 4.03. The third kappa shape index (κ3) is 2.29. The van der Waals surface area contributed by atoms with Gasteiger partial charge < -0.3 is 14.4 Å². The van der Waals surface area contributed by atoms with Gasteiger partial charge in [-0.05, 0) is 32.1 Å². The first-order valence-corrected chi connectivity index (χ1v) is 7.03. The smallest absolute Gasteiger partial charge is 0.135 e. The summed E-state index contributed by atoms with van der Waals surface area (Å²) in [5.41, 5.74) is 0. The summed E-state index contributed by atoms with van der Waals surface area (Å²) in [5, 5.41) is 18.1. The number of fused-ring (bicyclic) bond motifs is 1. The highest BCUT2D eigenvalue weighted by Gasteiger charge is 2.26. The largest absolute Gasteiger partial charge is 0.394 e. The predicted octanol–water partition coefficient (Wildman–Crippen LogP) is 1.26. The second kappa shape index (κ2) is 5.36. The van der Waals surface area contributed by atoms with Crippen LogP contribution in [0.2, 0.25) is 0 Å². The molecule has 0 spiro atoms. The Hall–Kier alpha value is -0.940. The number of aryl methyl sites for hydroxylation is 1. The Morgan fingerprint density at radius 1 is 1.22 bits per heavy atom. The normalized spacial score (nSPS) is 28.1. The lowest BCUT2D eigenvalue weighted by Gasteiger charge is -2.26. The summed E-state index contributed by atoms with van der Waals surface area (Å²) in [6.07, 6.45) is 7.77. The van der Waals surface area contributed by atoms with Crippen molar-refractivity contribution < 1.29 is 9.84 Å². The summed E-state index contributed by atoms with van der Waals surface area (Å²) in [4.78, 5) is 0. The molecule has 5 nitrogen and oxygen atoms in total. The molecule has 1 fully saturated rings. The third-order valence-corrected chi connectivity index (χ3v) is 4.03. The van der Waals surface area contributed by atoms with Gasteiger partial charge in [0.25, 0.3) is 0 Å². The van der Waals surface area contributed by atoms with Crippen molar-refractivity contribution in [3.8, 4) is 0 Å². The van der Waals surface area contributed by atoms with Crippen LogP contribution in [0.5, 0.6) is 0 Å². The molecule has 3 heterocycles. The van der Waals surface area contributed by atoms with Crippen molar-refractivity contribution >= 4 is 0 Å². The number of hydrogen-bond acceptors (Lipinski definition) is 4. The monoisotopic (exact) mass is 251 g/mol. The topological polar surface area (TPSA) is 60.2 Å². The molecular formula is C13H21N3O2. The Kier molecular flexibility index (Phi) is 3.61. The van der Waals surface area contributed by atoms with Gasteiger partial charge in [-0.15, -0.1) is 10.2 Å². The van der Waals surface area contributed by atoms with Crippen LogP contribution in [-0.2, 0) is 17.6 Å². The quantitative estimate of drug-likeness (QED) is 0.878. The van der Waals surface area contributed by atoms with Gasteiger partial charge in [-0.1, -0.05) is 0 Å². The highest BCUT2D eigenvalue weighted by atomic mass is 16.5. The van der Waals surface area contributed by atoms with Crippen molar-refractivity contribution in [1.29, 1.82) is 0 Å². The van der Waals surface area contributed by atoms with Crippen LogP contribution < -0.4 is 0 Å². The number of hydrogen-bond donors (Lipinski definition) is 1. The summed E-state index contributed by atoms with van der Waals surface area (Å²) in [6.45, 7) is 1.05. The Morgan fingerprint density at radius 2 is 2.17 bits per heavy atom. The maximum absolute atomic E-state index is 9.48. The van der Waals surface area contributed by atoms with E-state index < -0.39 is 0 Å². The van der Waals surface area contributed by atoms with Crippen LogP contribution in [0.3, 0.4) is 0 Å². The molecule has 18 heavy (non-hydrogen) atoms. The highest BCUT2D eigenvalue weighted by Crippen LogP contribution is 2.26. The average molecular weight is 251 g/mol. The maximum atomic E-state index is 9.48. The molecule has 1 saturated heterocycles. The van der Waals surface area contributed by atoms with Crippen molar-refractivity contribution in [2.24, 2.45) is 0 Å². The number of aliphatic hydroxyl groups excluding tert-OH is 1. The minimum absolute atomic E-state index is 0.169. The van der Waals surface area contributed by atoms with Gasteiger partial charge >= 0.3 is 0 Å². The number of rotatable bonds is 3. The molecule has 1 aromatic rings. The van der Waals surface area contributed by atoms with Gasteiger partial charge in [0, 0.05) is 19.4 Å². The lowest BCUT2D eigenvalue weighted by Crippen LogP contribution is -2.27. The Morgan fingerprint density at radius 3 is 2.94 bits per heavy atom. The number of nitrogens with zero attached hydrogens (tertiary/aromatic N) is 3. The highest BCUT2D eigenvalue weighted by molar-refractivity contribution is 5.03. The zero-order valence-electron chi connectivity index (χ0n) is 10.7. The number of aliphatic hydroxyl groups is 1. The maximum Gasteiger partial charge on any atom is 0.135 e. The standard InChI is InChI=1S/C13H21N3O2/c17-9-10-4-3-6-12-14-15-13(16(10)12)8-11-5-1-2-7-18-11/h10-11,17H,1-9H2. The molecule has 0 radical (unpaired) electrons. The molecule has 2 aliphatic rings. The van der Waals surface area contributed by atoms with Gasteiger partial charge in [0.2, 0.25) is 0 Å². The van der Waals surface area contributed by atoms with E-state index in [0.29, 0.717) is 0 Å². The molecule has 2 atom stereocenters. The van der Waals surface area contributed by atoms with Crippen molar-refractivity contribution in [1.82, 2.24) is 14.8 Å². The minimum atomic E-state index is 0.169. The Bertz CT molecular complexity index is 399. The summed E-state index contributed by atoms with van der Waals surface area (Å²) in [5.74, 6) is 2.03. The van der Waals surface area contributed by atoms with E-state index in [0.717, 1.165) is 50.4 Å². The van der Waals surface area contributed by atoms with E-state index in [1.807, 2.05) is 0 Å². The van der Waals surface area contributed by atoms with Gasteiger partial charge in [0.1, 0.15) is 11.6 Å². The van der Waals surface area contributed by atoms with Crippen molar-refractivity contribution in [2.75, 3.05) is 13.2 Å². The van der Waals surface area contributed by atoms with Crippen LogP contribution in [0.1, 0.15) is 49.8 Å². The first kappa shape index (κ1) is 12.1. The van der Waals surface area contributed by atoms with E-state index >= 15 is 0 Å². The van der Waals surface area contributed by atoms with Gasteiger partial charge in [-0.3, -0.25) is 0 Å². The van der Waals surface area contributed by atoms with E-state index in [2.05, 4.69) is 14.8 Å². The molecule has 0 aliphatic carbocycles. The minimum Gasteiger partial charge on any atom is -0.394 e. The summed E-state index contributed by atoms with van der Waals surface area (Å²) < 4.78 is 7.92. The molecule has 0 saturated carbocycles. The van der Waals surface area contributed by atoms with Crippen molar-refractivity contribution in [2.45, 2.75) is 57.1 Å². The van der Waals surface area contributed by atoms with Gasteiger partial charge in [-0.2, -0.15) is 0 Å². The lowest BCUT2D eigenvalue weighted by molar-refractivity contribution is 0.0146. The van der Waals surface area contributed by atoms with Crippen LogP contribution in [0.15, 0.2) is 0 Å². The Balaban J connectivity index is 1.77. The fourth-order valence-corrected chi connectivity index (χ4v) is 3.06. The molecule has 2 unspecified atom stereocenters. The van der Waals surface area contributed by atoms with E-state index in [9.17, 15) is 5.11 Å². The van der Waals surface area contributed by atoms with Crippen LogP contribution in [0.4, 0.5) is 0 Å². The fourth-order valence-electron chi connectivity index (χ4n) is 3.06. The first-order valence-electron chi connectivity index (χ1n) is 7.03. The van der Waals surface area contributed by atoms with Crippen LogP contribution in [-0.4, -0.2) is 39.2 Å². The van der Waals surface area contributed by atoms with Crippen LogP contribution in [0, 0.1) is 0 Å². The van der Waals surface area contributed by atoms with Gasteiger partial charge in [-0.25, -0.2) is 0 Å². The first-order chi connectivity index (χ1) is 8.88. The predicted molar refractivity (Wildman–Crippen MR) is 66.4 cm³/mol. The lowest BCUT2D eigenvalue weighted by atomic mass is 10.0. The zero-order valence-corrected chi connectivity index (χ0v) is 10.7. The molecular weight excluding hydrogens is 230 g/mol. The van der Waals surface area contributed by atoms with Crippen molar-refractivity contribution in [3.63, 3.8) is 0 Å². The summed E-state index contributed by atoms with van der Waals surface area (Å²) in [6, 6.07) is 0.169. The SMILES string of the molecule is OCC1CCCc2nnc(CC3CCCCO3)n21. The zero-order chi connectivity index (χ0) is 12.4. The second-order valence-electron chi connectivity index (χ2n) is 5.32. The number of ether oxygens (including phenoxy) is 1. The number of aromatic nitrogens is 3. The van der Waals surface area contributed by atoms with Crippen LogP contribution >= 0.6 is 0 Å². The molecule has 0 bridgehead atoms.